The van der Waals surface area contributed by atoms with E-state index in [1.54, 1.807) is 0 Å². The average Bonchev–Trinajstić information content (AvgIpc) is 2.54. The summed E-state index contributed by atoms with van der Waals surface area (Å²) < 4.78 is 6.01. The summed E-state index contributed by atoms with van der Waals surface area (Å²) in [5.41, 5.74) is 3.31. The number of allylic oxidation sites excluding steroid dienone is 1. The Morgan fingerprint density at radius 2 is 1.58 bits per heavy atom. The number of benzene rings is 2. The van der Waals surface area contributed by atoms with Crippen molar-refractivity contribution in [1.29, 1.82) is 0 Å². The van der Waals surface area contributed by atoms with Crippen LogP contribution in [0.25, 0.3) is 16.3 Å². The summed E-state index contributed by atoms with van der Waals surface area (Å²) in [5.74, 6) is 1.67. The van der Waals surface area contributed by atoms with Crippen molar-refractivity contribution in [2.45, 2.75) is 33.1 Å². The largest absolute Gasteiger partial charge is 0.457 e. The van der Waals surface area contributed by atoms with Crippen LogP contribution >= 0.6 is 0 Å². The van der Waals surface area contributed by atoms with E-state index in [-0.39, 0.29) is 5.41 Å². The molecular weight excluding hydrogens is 294 g/mol. The number of hydrogen-bond donors (Lipinski definition) is 0. The summed E-state index contributed by atoms with van der Waals surface area (Å²) >= 11 is 0. The fourth-order valence-corrected chi connectivity index (χ4v) is 2.57. The van der Waals surface area contributed by atoms with Crippen LogP contribution in [0.5, 0.6) is 11.5 Å². The second kappa shape index (κ2) is 6.12. The maximum atomic E-state index is 6.01. The van der Waals surface area contributed by atoms with Gasteiger partial charge in [0.05, 0.1) is 5.69 Å². The SMILES string of the molecule is C=C(C)c1cc2cc(Oc3ccc(C(C)(C)C)cc3)ccc2cn1. The lowest BCUT2D eigenvalue weighted by atomic mass is 9.87. The Bertz CT molecular complexity index is 886. The summed E-state index contributed by atoms with van der Waals surface area (Å²) in [6, 6.07) is 16.4. The highest BCUT2D eigenvalue weighted by Crippen LogP contribution is 2.29. The van der Waals surface area contributed by atoms with Crippen molar-refractivity contribution in [3.05, 3.63) is 72.6 Å². The molecular formula is C22H23NO. The number of hydrogen-bond acceptors (Lipinski definition) is 2. The normalized spacial score (nSPS) is 11.5. The van der Waals surface area contributed by atoms with E-state index in [1.165, 1.54) is 5.56 Å². The molecule has 0 atom stereocenters. The Morgan fingerprint density at radius 3 is 2.21 bits per heavy atom. The van der Waals surface area contributed by atoms with E-state index in [1.807, 2.05) is 49.5 Å². The number of nitrogens with zero attached hydrogens (tertiary/aromatic N) is 1. The third-order valence-corrected chi connectivity index (χ3v) is 4.09. The van der Waals surface area contributed by atoms with Crippen molar-refractivity contribution in [2.24, 2.45) is 0 Å². The minimum Gasteiger partial charge on any atom is -0.457 e. The Kier molecular flexibility index (Phi) is 4.15. The van der Waals surface area contributed by atoms with E-state index < -0.39 is 0 Å². The first-order valence-electron chi connectivity index (χ1n) is 8.17. The van der Waals surface area contributed by atoms with Crippen LogP contribution in [0.4, 0.5) is 0 Å². The molecule has 3 rings (SSSR count). The summed E-state index contributed by atoms with van der Waals surface area (Å²) in [7, 11) is 0. The van der Waals surface area contributed by atoms with E-state index in [0.29, 0.717) is 0 Å². The summed E-state index contributed by atoms with van der Waals surface area (Å²) in [6.45, 7) is 12.5. The number of aromatic nitrogens is 1. The van der Waals surface area contributed by atoms with Crippen LogP contribution in [0.15, 0.2) is 61.3 Å². The van der Waals surface area contributed by atoms with Crippen molar-refractivity contribution in [3.8, 4) is 11.5 Å². The van der Waals surface area contributed by atoms with Gasteiger partial charge in [0.1, 0.15) is 11.5 Å². The minimum atomic E-state index is 0.146. The fourth-order valence-electron chi connectivity index (χ4n) is 2.57. The zero-order chi connectivity index (χ0) is 17.3. The van der Waals surface area contributed by atoms with Crippen molar-refractivity contribution in [1.82, 2.24) is 4.98 Å². The maximum Gasteiger partial charge on any atom is 0.128 e. The molecule has 2 aromatic carbocycles. The molecule has 0 saturated heterocycles. The van der Waals surface area contributed by atoms with E-state index >= 15 is 0 Å². The molecule has 0 bridgehead atoms. The van der Waals surface area contributed by atoms with E-state index in [9.17, 15) is 0 Å². The lowest BCUT2D eigenvalue weighted by Gasteiger charge is -2.19. The first-order chi connectivity index (χ1) is 11.3. The Labute approximate surface area is 143 Å². The van der Waals surface area contributed by atoms with Gasteiger partial charge in [0.15, 0.2) is 0 Å². The van der Waals surface area contributed by atoms with Crippen LogP contribution in [0.2, 0.25) is 0 Å². The zero-order valence-electron chi connectivity index (χ0n) is 14.8. The van der Waals surface area contributed by atoms with Gasteiger partial charge in [0.2, 0.25) is 0 Å². The molecule has 0 aliphatic rings. The van der Waals surface area contributed by atoms with Gasteiger partial charge < -0.3 is 4.74 Å². The zero-order valence-corrected chi connectivity index (χ0v) is 14.8. The van der Waals surface area contributed by atoms with Crippen LogP contribution in [0.1, 0.15) is 39.0 Å². The molecule has 0 spiro atoms. The second-order valence-electron chi connectivity index (χ2n) is 7.24. The third-order valence-electron chi connectivity index (χ3n) is 4.09. The molecule has 0 aliphatic heterocycles. The van der Waals surface area contributed by atoms with Gasteiger partial charge in [-0.3, -0.25) is 4.98 Å². The van der Waals surface area contributed by atoms with E-state index in [2.05, 4.69) is 44.5 Å². The Morgan fingerprint density at radius 1 is 0.917 bits per heavy atom. The lowest BCUT2D eigenvalue weighted by molar-refractivity contribution is 0.482. The van der Waals surface area contributed by atoms with Gasteiger partial charge >= 0.3 is 0 Å². The predicted octanol–water partition coefficient (Wildman–Crippen LogP) is 6.36. The summed E-state index contributed by atoms with van der Waals surface area (Å²) in [4.78, 5) is 4.41. The van der Waals surface area contributed by atoms with Crippen LogP contribution in [-0.4, -0.2) is 4.98 Å². The molecule has 0 saturated carbocycles. The van der Waals surface area contributed by atoms with Crippen LogP contribution in [-0.2, 0) is 5.41 Å². The molecule has 2 heteroatoms. The second-order valence-corrected chi connectivity index (χ2v) is 7.24. The van der Waals surface area contributed by atoms with Crippen LogP contribution < -0.4 is 4.74 Å². The highest BCUT2D eigenvalue weighted by atomic mass is 16.5. The molecule has 0 N–H and O–H groups in total. The Hall–Kier alpha value is -2.61. The van der Waals surface area contributed by atoms with Crippen LogP contribution in [0.3, 0.4) is 0 Å². The van der Waals surface area contributed by atoms with Crippen molar-refractivity contribution < 1.29 is 4.74 Å². The molecule has 0 amide bonds. The number of pyridine rings is 1. The van der Waals surface area contributed by atoms with E-state index in [0.717, 1.165) is 33.5 Å². The van der Waals surface area contributed by atoms with Crippen molar-refractivity contribution in [2.75, 3.05) is 0 Å². The number of rotatable bonds is 3. The molecule has 1 aromatic heterocycles. The van der Waals surface area contributed by atoms with Gasteiger partial charge in [-0.25, -0.2) is 0 Å². The highest BCUT2D eigenvalue weighted by Gasteiger charge is 2.13. The molecule has 0 fully saturated rings. The monoisotopic (exact) mass is 317 g/mol. The number of fused-ring (bicyclic) bond motifs is 1. The topological polar surface area (TPSA) is 22.1 Å². The van der Waals surface area contributed by atoms with Gasteiger partial charge in [-0.1, -0.05) is 39.5 Å². The quantitative estimate of drug-likeness (QED) is 0.561. The molecule has 24 heavy (non-hydrogen) atoms. The maximum absolute atomic E-state index is 6.01. The van der Waals surface area contributed by atoms with Gasteiger partial charge in [0.25, 0.3) is 0 Å². The minimum absolute atomic E-state index is 0.146. The molecule has 2 nitrogen and oxygen atoms in total. The molecule has 0 aliphatic carbocycles. The number of ether oxygens (including phenoxy) is 1. The predicted molar refractivity (Wildman–Crippen MR) is 102 cm³/mol. The van der Waals surface area contributed by atoms with Gasteiger partial charge in [-0.15, -0.1) is 0 Å². The van der Waals surface area contributed by atoms with Crippen molar-refractivity contribution in [3.63, 3.8) is 0 Å². The van der Waals surface area contributed by atoms with Gasteiger partial charge in [-0.2, -0.15) is 0 Å². The van der Waals surface area contributed by atoms with Gasteiger partial charge in [0, 0.05) is 11.6 Å². The smallest absolute Gasteiger partial charge is 0.128 e. The van der Waals surface area contributed by atoms with Crippen molar-refractivity contribution >= 4 is 16.3 Å². The van der Waals surface area contributed by atoms with Gasteiger partial charge in [-0.05, 0) is 65.3 Å². The summed E-state index contributed by atoms with van der Waals surface area (Å²) in [5, 5.41) is 2.20. The Balaban J connectivity index is 1.88. The van der Waals surface area contributed by atoms with E-state index in [4.69, 9.17) is 4.74 Å². The average molecular weight is 317 g/mol. The van der Waals surface area contributed by atoms with Crippen LogP contribution in [0, 0.1) is 0 Å². The third kappa shape index (κ3) is 3.48. The first kappa shape index (κ1) is 16.3. The first-order valence-corrected chi connectivity index (χ1v) is 8.17. The molecule has 122 valence electrons. The summed E-state index contributed by atoms with van der Waals surface area (Å²) in [6.07, 6.45) is 1.88. The fraction of sp³-hybridized carbons (Fsp3) is 0.227. The standard InChI is InChI=1S/C22H23NO/c1-15(2)21-13-17-12-20(9-6-16(17)14-23-21)24-19-10-7-18(8-11-19)22(3,4)5/h6-14H,1H2,2-5H3. The highest BCUT2D eigenvalue weighted by molar-refractivity contribution is 5.85. The lowest BCUT2D eigenvalue weighted by Crippen LogP contribution is -2.10. The molecule has 3 aromatic rings. The molecule has 0 unspecified atom stereocenters. The molecule has 0 radical (unpaired) electrons. The molecule has 1 heterocycles.